The van der Waals surface area contributed by atoms with E-state index in [1.807, 2.05) is 32.9 Å². The second kappa shape index (κ2) is 15.5. The summed E-state index contributed by atoms with van der Waals surface area (Å²) >= 11 is 0. The van der Waals surface area contributed by atoms with E-state index in [1.165, 1.54) is 5.56 Å². The highest BCUT2D eigenvalue weighted by Crippen LogP contribution is 2.36. The van der Waals surface area contributed by atoms with Crippen LogP contribution in [0.4, 0.5) is 23.1 Å². The first-order chi connectivity index (χ1) is 21.5. The second-order valence-corrected chi connectivity index (χ2v) is 11.6. The Balaban J connectivity index is 0.000000409. The van der Waals surface area contributed by atoms with Gasteiger partial charge in [-0.3, -0.25) is 14.3 Å². The van der Waals surface area contributed by atoms with Gasteiger partial charge in [0.1, 0.15) is 18.6 Å². The summed E-state index contributed by atoms with van der Waals surface area (Å²) in [6, 6.07) is 8.11. The number of phosphoric acid groups is 1. The lowest BCUT2D eigenvalue weighted by molar-refractivity contribution is -0.138. The molecule has 4 aromatic rings. The molecule has 0 aliphatic heterocycles. The molecule has 0 spiro atoms. The molecule has 2 heterocycles. The maximum Gasteiger partial charge on any atom is 0.471 e. The molecule has 0 radical (unpaired) electrons. The summed E-state index contributed by atoms with van der Waals surface area (Å²) in [6.07, 6.45) is 2.64. The van der Waals surface area contributed by atoms with Crippen LogP contribution in [0.3, 0.4) is 0 Å². The second-order valence-electron chi connectivity index (χ2n) is 10.3. The Bertz CT molecular complexity index is 1810. The topological polar surface area (TPSA) is 279 Å². The molecule has 2 aromatic carbocycles. The third-order valence-electron chi connectivity index (χ3n) is 6.72. The van der Waals surface area contributed by atoms with Gasteiger partial charge in [-0.05, 0) is 87.6 Å². The number of benzene rings is 2. The monoisotopic (exact) mass is 659 g/mol. The number of carbonyl (C=O) groups is 1. The molecule has 11 N–H and O–H groups in total. The highest BCUT2D eigenvalue weighted by molar-refractivity contribution is 7.46. The van der Waals surface area contributed by atoms with Crippen molar-refractivity contribution < 1.29 is 33.2 Å². The van der Waals surface area contributed by atoms with Crippen LogP contribution in [0.15, 0.2) is 50.7 Å². The molecule has 18 heteroatoms. The van der Waals surface area contributed by atoms with Crippen LogP contribution in [0.1, 0.15) is 35.1 Å². The van der Waals surface area contributed by atoms with Gasteiger partial charge in [-0.1, -0.05) is 0 Å². The molecule has 0 aliphatic rings. The Kier molecular flexibility index (Phi) is 12.0. The number of oxazole rings is 1. The van der Waals surface area contributed by atoms with Gasteiger partial charge in [0.15, 0.2) is 11.5 Å². The highest BCUT2D eigenvalue weighted by atomic mass is 31.2. The van der Waals surface area contributed by atoms with E-state index in [0.717, 1.165) is 26.9 Å². The van der Waals surface area contributed by atoms with Crippen molar-refractivity contribution in [3.8, 4) is 0 Å². The van der Waals surface area contributed by atoms with Crippen molar-refractivity contribution in [2.24, 2.45) is 22.2 Å². The first-order valence-corrected chi connectivity index (χ1v) is 15.4. The van der Waals surface area contributed by atoms with E-state index in [0.29, 0.717) is 42.4 Å². The summed E-state index contributed by atoms with van der Waals surface area (Å²) in [5, 5.41) is 14.8. The number of nitrogens with zero attached hydrogens (tertiary/aromatic N) is 4. The van der Waals surface area contributed by atoms with E-state index in [1.54, 1.807) is 24.4 Å². The van der Waals surface area contributed by atoms with Crippen LogP contribution in [0, 0.1) is 27.7 Å². The molecule has 4 rings (SSSR count). The number of aromatic nitrogens is 3. The average molecular weight is 660 g/mol. The van der Waals surface area contributed by atoms with E-state index in [4.69, 9.17) is 36.5 Å². The summed E-state index contributed by atoms with van der Waals surface area (Å²) in [7, 11) is -4.76. The number of carboxylic acid groups (broad SMARTS) is 1. The number of guanidine groups is 1. The fourth-order valence-electron chi connectivity index (χ4n) is 4.04. The smallest absolute Gasteiger partial charge is 0.471 e. The summed E-state index contributed by atoms with van der Waals surface area (Å²) in [4.78, 5) is 52.8. The molecule has 2 aromatic heterocycles. The predicted molar refractivity (Wildman–Crippen MR) is 173 cm³/mol. The molecular weight excluding hydrogens is 621 g/mol. The third-order valence-corrected chi connectivity index (χ3v) is 7.18. The SMILES string of the molecule is Cc1cnc(Nc2cc(C)c(C)c(C)c2)nc1Nc1ccc2oc(=O)n(COP(=O)(O)O)c2c1.NC(N)=NCCC[C@H](N)C(=O)O. The number of hydrogen-bond acceptors (Lipinski definition) is 11. The summed E-state index contributed by atoms with van der Waals surface area (Å²) in [5.41, 5.74) is 21.7. The largest absolute Gasteiger partial charge is 0.480 e. The van der Waals surface area contributed by atoms with E-state index < -0.39 is 32.3 Å². The number of phosphoric ester groups is 1. The zero-order valence-corrected chi connectivity index (χ0v) is 26.6. The van der Waals surface area contributed by atoms with Crippen LogP contribution in [0.25, 0.3) is 11.1 Å². The third kappa shape index (κ3) is 10.4. The number of aliphatic imine (C=N–C) groups is 1. The predicted octanol–water partition coefficient (Wildman–Crippen LogP) is 2.62. The normalized spacial score (nSPS) is 11.8. The van der Waals surface area contributed by atoms with Crippen LogP contribution < -0.4 is 33.6 Å². The number of rotatable bonds is 12. The molecule has 46 heavy (non-hydrogen) atoms. The fourth-order valence-corrected chi connectivity index (χ4v) is 4.31. The summed E-state index contributed by atoms with van der Waals surface area (Å²) in [6.45, 7) is 7.79. The van der Waals surface area contributed by atoms with Gasteiger partial charge in [0, 0.05) is 29.7 Å². The Morgan fingerprint density at radius 3 is 2.37 bits per heavy atom. The molecule has 0 saturated heterocycles. The zero-order chi connectivity index (χ0) is 34.2. The van der Waals surface area contributed by atoms with Crippen LogP contribution in [0.5, 0.6) is 0 Å². The van der Waals surface area contributed by atoms with Crippen LogP contribution in [0.2, 0.25) is 0 Å². The number of aryl methyl sites for hydroxylation is 3. The van der Waals surface area contributed by atoms with E-state index in [9.17, 15) is 14.2 Å². The van der Waals surface area contributed by atoms with Gasteiger partial charge in [0.25, 0.3) is 0 Å². The maximum absolute atomic E-state index is 12.1. The Hall–Kier alpha value is -4.80. The standard InChI is InChI=1S/C22H24N5O6P.C6H14N4O2/c1-12-7-17(8-13(2)15(12)4)25-21-23-10-14(3)20(26-21)24-16-5-6-19-18(9-16)27(22(28)33-19)11-32-34(29,30)31;7-4(5(11)12)2-1-3-10-6(8)9/h5-10H,11H2,1-4H3,(H2,29,30,31)(H2,23,24,25,26);4H,1-3,7H2,(H,11,12)(H4,8,9,10)/t;4-/m.0/s1. The van der Waals surface area contributed by atoms with Gasteiger partial charge in [0.2, 0.25) is 5.95 Å². The molecule has 0 unspecified atom stereocenters. The molecular formula is C28H38N9O8P. The molecule has 0 fully saturated rings. The number of nitrogens with two attached hydrogens (primary N) is 3. The Morgan fingerprint density at radius 1 is 1.09 bits per heavy atom. The molecule has 0 bridgehead atoms. The Morgan fingerprint density at radius 2 is 1.76 bits per heavy atom. The van der Waals surface area contributed by atoms with Gasteiger partial charge >= 0.3 is 19.5 Å². The van der Waals surface area contributed by atoms with Gasteiger partial charge < -0.3 is 47.1 Å². The van der Waals surface area contributed by atoms with Crippen molar-refractivity contribution in [3.05, 3.63) is 69.3 Å². The first kappa shape index (κ1) is 35.7. The number of fused-ring (bicyclic) bond motifs is 1. The average Bonchev–Trinajstić information content (AvgIpc) is 3.28. The fraction of sp³-hybridized carbons (Fsp3) is 0.321. The lowest BCUT2D eigenvalue weighted by Gasteiger charge is -2.13. The van der Waals surface area contributed by atoms with Crippen LogP contribution in [-0.2, 0) is 20.6 Å². The molecule has 1 atom stereocenters. The molecule has 0 amide bonds. The summed E-state index contributed by atoms with van der Waals surface area (Å²) in [5.74, 6) is -0.832. The van der Waals surface area contributed by atoms with Crippen molar-refractivity contribution in [2.45, 2.75) is 53.3 Å². The lowest BCUT2D eigenvalue weighted by atomic mass is 10.0. The van der Waals surface area contributed by atoms with Gasteiger partial charge in [-0.15, -0.1) is 0 Å². The number of anilines is 4. The van der Waals surface area contributed by atoms with Crippen molar-refractivity contribution in [3.63, 3.8) is 0 Å². The molecule has 17 nitrogen and oxygen atoms in total. The highest BCUT2D eigenvalue weighted by Gasteiger charge is 2.18. The minimum Gasteiger partial charge on any atom is -0.480 e. The number of hydrogen-bond donors (Lipinski definition) is 8. The van der Waals surface area contributed by atoms with Gasteiger partial charge in [0.05, 0.1) is 5.52 Å². The van der Waals surface area contributed by atoms with Crippen molar-refractivity contribution in [2.75, 3.05) is 17.2 Å². The minimum absolute atomic E-state index is 0.0129. The van der Waals surface area contributed by atoms with E-state index in [-0.39, 0.29) is 11.5 Å². The summed E-state index contributed by atoms with van der Waals surface area (Å²) < 4.78 is 21.6. The molecule has 0 aliphatic carbocycles. The number of nitrogens with one attached hydrogen (secondary N) is 2. The first-order valence-electron chi connectivity index (χ1n) is 13.9. The van der Waals surface area contributed by atoms with E-state index in [2.05, 4.69) is 37.0 Å². The Labute approximate surface area is 263 Å². The lowest BCUT2D eigenvalue weighted by Crippen LogP contribution is -2.30. The number of aliphatic carboxylic acids is 1. The molecule has 248 valence electrons. The number of carboxylic acids is 1. The quantitative estimate of drug-likeness (QED) is 0.0469. The molecule has 0 saturated carbocycles. The van der Waals surface area contributed by atoms with Gasteiger partial charge in [-0.25, -0.2) is 18.9 Å². The van der Waals surface area contributed by atoms with Crippen LogP contribution >= 0.6 is 7.82 Å². The maximum atomic E-state index is 12.1. The van der Waals surface area contributed by atoms with Crippen LogP contribution in [-0.4, -0.2) is 53.9 Å². The van der Waals surface area contributed by atoms with Gasteiger partial charge in [-0.2, -0.15) is 4.98 Å². The minimum atomic E-state index is -4.76. The van der Waals surface area contributed by atoms with Crippen molar-refractivity contribution >= 4 is 54.0 Å². The van der Waals surface area contributed by atoms with E-state index >= 15 is 0 Å². The van der Waals surface area contributed by atoms with Crippen molar-refractivity contribution in [1.82, 2.24) is 14.5 Å². The van der Waals surface area contributed by atoms with Crippen molar-refractivity contribution in [1.29, 1.82) is 0 Å². The zero-order valence-electron chi connectivity index (χ0n) is 25.7.